The van der Waals surface area contributed by atoms with E-state index in [1.54, 1.807) is 10.9 Å². The lowest BCUT2D eigenvalue weighted by Gasteiger charge is -2.39. The van der Waals surface area contributed by atoms with Crippen LogP contribution >= 0.6 is 11.8 Å². The van der Waals surface area contributed by atoms with Gasteiger partial charge in [0.25, 0.3) is 0 Å². The van der Waals surface area contributed by atoms with Gasteiger partial charge in [-0.25, -0.2) is 4.68 Å². The lowest BCUT2D eigenvalue weighted by molar-refractivity contribution is -0.121. The van der Waals surface area contributed by atoms with E-state index < -0.39 is 0 Å². The second kappa shape index (κ2) is 8.27. The van der Waals surface area contributed by atoms with Crippen LogP contribution in [0.1, 0.15) is 25.7 Å². The zero-order chi connectivity index (χ0) is 17.8. The molecule has 4 rings (SSSR count). The predicted octanol–water partition coefficient (Wildman–Crippen LogP) is 3.42. The summed E-state index contributed by atoms with van der Waals surface area (Å²) in [7, 11) is 0. The van der Waals surface area contributed by atoms with Crippen molar-refractivity contribution in [1.82, 2.24) is 14.7 Å². The second-order valence-corrected chi connectivity index (χ2v) is 8.39. The van der Waals surface area contributed by atoms with Crippen molar-refractivity contribution in [2.75, 3.05) is 29.9 Å². The van der Waals surface area contributed by atoms with Crippen LogP contribution in [0.15, 0.2) is 42.7 Å². The fraction of sp³-hybridized carbons (Fsp3) is 0.500. The summed E-state index contributed by atoms with van der Waals surface area (Å²) in [4.78, 5) is 15.4. The van der Waals surface area contributed by atoms with Gasteiger partial charge in [-0.3, -0.25) is 9.69 Å². The molecular formula is C20H26N4OS. The van der Waals surface area contributed by atoms with Crippen LogP contribution in [0.3, 0.4) is 0 Å². The summed E-state index contributed by atoms with van der Waals surface area (Å²) >= 11 is 2.06. The van der Waals surface area contributed by atoms with Crippen molar-refractivity contribution in [3.8, 4) is 5.69 Å². The zero-order valence-electron chi connectivity index (χ0n) is 15.0. The number of aromatic nitrogens is 2. The molecule has 138 valence electrons. The number of nitrogens with one attached hydrogen (secondary N) is 1. The van der Waals surface area contributed by atoms with Crippen molar-refractivity contribution in [1.29, 1.82) is 0 Å². The molecule has 0 saturated carbocycles. The molecule has 1 aromatic heterocycles. The third-order valence-electron chi connectivity index (χ3n) is 5.41. The smallest absolute Gasteiger partial charge is 0.228 e. The Kier molecular flexibility index (Phi) is 5.60. The Morgan fingerprint density at radius 2 is 2.08 bits per heavy atom. The molecular weight excluding hydrogens is 344 g/mol. The van der Waals surface area contributed by atoms with Crippen molar-refractivity contribution in [3.63, 3.8) is 0 Å². The number of piperidine rings is 1. The highest BCUT2D eigenvalue weighted by Gasteiger charge is 2.30. The van der Waals surface area contributed by atoms with E-state index >= 15 is 0 Å². The highest BCUT2D eigenvalue weighted by molar-refractivity contribution is 7.99. The largest absolute Gasteiger partial charge is 0.326 e. The molecule has 2 saturated heterocycles. The number of rotatable bonds is 4. The number of nitrogens with zero attached hydrogens (tertiary/aromatic N) is 3. The molecule has 5 nitrogen and oxygen atoms in total. The molecule has 6 heteroatoms. The Morgan fingerprint density at radius 1 is 1.19 bits per heavy atom. The maximum atomic E-state index is 12.8. The Bertz CT molecular complexity index is 727. The van der Waals surface area contributed by atoms with Gasteiger partial charge in [0.05, 0.1) is 11.6 Å². The van der Waals surface area contributed by atoms with Gasteiger partial charge in [0, 0.05) is 30.7 Å². The summed E-state index contributed by atoms with van der Waals surface area (Å²) in [6.07, 6.45) is 8.31. The van der Waals surface area contributed by atoms with E-state index in [1.165, 1.54) is 24.3 Å². The molecule has 1 atom stereocenters. The monoisotopic (exact) mass is 370 g/mol. The van der Waals surface area contributed by atoms with Crippen molar-refractivity contribution in [2.24, 2.45) is 5.92 Å². The zero-order valence-corrected chi connectivity index (χ0v) is 15.8. The van der Waals surface area contributed by atoms with Gasteiger partial charge in [0.15, 0.2) is 0 Å². The van der Waals surface area contributed by atoms with Gasteiger partial charge >= 0.3 is 0 Å². The molecule has 2 aromatic rings. The third kappa shape index (κ3) is 4.13. The summed E-state index contributed by atoms with van der Waals surface area (Å²) in [6, 6.07) is 10.4. The number of carbonyl (C=O) groups is 1. The molecule has 2 fully saturated rings. The minimum atomic E-state index is 0.0895. The van der Waals surface area contributed by atoms with E-state index in [4.69, 9.17) is 0 Å². The Hall–Kier alpha value is -1.79. The highest BCUT2D eigenvalue weighted by atomic mass is 32.2. The molecule has 26 heavy (non-hydrogen) atoms. The van der Waals surface area contributed by atoms with Crippen molar-refractivity contribution >= 4 is 23.4 Å². The van der Waals surface area contributed by atoms with Crippen LogP contribution < -0.4 is 5.32 Å². The number of amides is 1. The van der Waals surface area contributed by atoms with Crippen LogP contribution in [0, 0.1) is 5.92 Å². The fourth-order valence-corrected chi connectivity index (χ4v) is 5.08. The second-order valence-electron chi connectivity index (χ2n) is 7.17. The molecule has 0 aliphatic carbocycles. The molecule has 3 heterocycles. The SMILES string of the molecule is O=C(Nc1cccc(-n2cccn2)c1)C1CCCN(C2CCSCC2)C1. The first kappa shape index (κ1) is 17.6. The van der Waals surface area contributed by atoms with E-state index in [2.05, 4.69) is 27.1 Å². The Balaban J connectivity index is 1.39. The van der Waals surface area contributed by atoms with Gasteiger partial charge in [-0.15, -0.1) is 0 Å². The number of benzene rings is 1. The molecule has 2 aliphatic rings. The maximum Gasteiger partial charge on any atom is 0.228 e. The molecule has 0 spiro atoms. The summed E-state index contributed by atoms with van der Waals surface area (Å²) in [6.45, 7) is 2.05. The van der Waals surface area contributed by atoms with Gasteiger partial charge in [-0.05, 0) is 68.0 Å². The average Bonchev–Trinajstić information content (AvgIpc) is 3.24. The number of hydrogen-bond acceptors (Lipinski definition) is 4. The molecule has 0 bridgehead atoms. The van der Waals surface area contributed by atoms with Crippen LogP contribution in [0.4, 0.5) is 5.69 Å². The topological polar surface area (TPSA) is 50.2 Å². The number of anilines is 1. The van der Waals surface area contributed by atoms with Crippen LogP contribution in [-0.4, -0.2) is 51.2 Å². The highest BCUT2D eigenvalue weighted by Crippen LogP contribution is 2.27. The van der Waals surface area contributed by atoms with Gasteiger partial charge < -0.3 is 5.32 Å². The van der Waals surface area contributed by atoms with Crippen molar-refractivity contribution in [3.05, 3.63) is 42.7 Å². The summed E-state index contributed by atoms with van der Waals surface area (Å²) in [5.41, 5.74) is 1.80. The van der Waals surface area contributed by atoms with Crippen molar-refractivity contribution < 1.29 is 4.79 Å². The minimum absolute atomic E-state index is 0.0895. The maximum absolute atomic E-state index is 12.8. The van der Waals surface area contributed by atoms with Crippen LogP contribution in [-0.2, 0) is 4.79 Å². The standard InChI is InChI=1S/C20H26N4OS/c25-20(16-4-2-10-23(15-16)18-7-12-26-13-8-18)22-17-5-1-6-19(14-17)24-11-3-9-21-24/h1,3,5-6,9,11,14,16,18H,2,4,7-8,10,12-13,15H2,(H,22,25). The van der Waals surface area contributed by atoms with E-state index in [9.17, 15) is 4.79 Å². The first-order chi connectivity index (χ1) is 12.8. The fourth-order valence-electron chi connectivity index (χ4n) is 3.99. The quantitative estimate of drug-likeness (QED) is 0.896. The molecule has 0 radical (unpaired) electrons. The van der Waals surface area contributed by atoms with Gasteiger partial charge in [0.2, 0.25) is 5.91 Å². The lowest BCUT2D eigenvalue weighted by Crippen LogP contribution is -2.47. The average molecular weight is 371 g/mol. The van der Waals surface area contributed by atoms with E-state index in [1.807, 2.05) is 36.5 Å². The Morgan fingerprint density at radius 3 is 2.88 bits per heavy atom. The normalized spacial score (nSPS) is 22.2. The molecule has 1 N–H and O–H groups in total. The van der Waals surface area contributed by atoms with E-state index in [0.717, 1.165) is 37.3 Å². The van der Waals surface area contributed by atoms with Crippen LogP contribution in [0.25, 0.3) is 5.69 Å². The minimum Gasteiger partial charge on any atom is -0.326 e. The van der Waals surface area contributed by atoms with Crippen LogP contribution in [0.5, 0.6) is 0 Å². The van der Waals surface area contributed by atoms with Crippen molar-refractivity contribution in [2.45, 2.75) is 31.7 Å². The van der Waals surface area contributed by atoms with E-state index in [-0.39, 0.29) is 11.8 Å². The Labute approximate surface area is 159 Å². The number of likely N-dealkylation sites (tertiary alicyclic amines) is 1. The lowest BCUT2D eigenvalue weighted by atomic mass is 9.94. The first-order valence-electron chi connectivity index (χ1n) is 9.52. The molecule has 1 aromatic carbocycles. The number of carbonyl (C=O) groups excluding carboxylic acids is 1. The van der Waals surface area contributed by atoms with Gasteiger partial charge in [-0.1, -0.05) is 6.07 Å². The number of hydrogen-bond donors (Lipinski definition) is 1. The molecule has 1 amide bonds. The molecule has 1 unspecified atom stereocenters. The van der Waals surface area contributed by atoms with Gasteiger partial charge in [0.1, 0.15) is 0 Å². The molecule has 2 aliphatic heterocycles. The predicted molar refractivity (Wildman–Crippen MR) is 107 cm³/mol. The summed E-state index contributed by atoms with van der Waals surface area (Å²) < 4.78 is 1.80. The van der Waals surface area contributed by atoms with Gasteiger partial charge in [-0.2, -0.15) is 16.9 Å². The third-order valence-corrected chi connectivity index (χ3v) is 6.46. The summed E-state index contributed by atoms with van der Waals surface area (Å²) in [5, 5.41) is 7.38. The van der Waals surface area contributed by atoms with E-state index in [0.29, 0.717) is 6.04 Å². The summed E-state index contributed by atoms with van der Waals surface area (Å²) in [5.74, 6) is 2.76. The number of thioether (sulfide) groups is 1. The van der Waals surface area contributed by atoms with Crippen LogP contribution in [0.2, 0.25) is 0 Å². The first-order valence-corrected chi connectivity index (χ1v) is 10.7.